The van der Waals surface area contributed by atoms with Crippen molar-refractivity contribution in [3.63, 3.8) is 0 Å². The molecule has 492 valence electrons. The predicted octanol–water partition coefficient (Wildman–Crippen LogP) is 21.1. The molecule has 2 aliphatic rings. The summed E-state index contributed by atoms with van der Waals surface area (Å²) in [4.78, 5) is 5.21. The van der Waals surface area contributed by atoms with Gasteiger partial charge in [-0.3, -0.25) is 0 Å². The summed E-state index contributed by atoms with van der Waals surface area (Å²) in [6.45, 7) is 6.18. The van der Waals surface area contributed by atoms with Crippen LogP contribution >= 0.6 is 0 Å². The minimum absolute atomic E-state index is 0.178. The number of aromatic nitrogens is 1. The van der Waals surface area contributed by atoms with Gasteiger partial charge in [-0.1, -0.05) is 299 Å². The highest BCUT2D eigenvalue weighted by molar-refractivity contribution is 7.20. The van der Waals surface area contributed by atoms with Gasteiger partial charge in [-0.25, -0.2) is 0 Å². The van der Waals surface area contributed by atoms with Crippen molar-refractivity contribution >= 4 is 108 Å². The molecule has 0 aliphatic carbocycles. The summed E-state index contributed by atoms with van der Waals surface area (Å²) < 4.78 is 54.1. The number of nitrogens with zero attached hydrogens (tertiary/aromatic N) is 3. The highest BCUT2D eigenvalue weighted by Gasteiger charge is 2.47. The Morgan fingerprint density at radius 2 is 0.699 bits per heavy atom. The number of benzene rings is 15. The predicted molar refractivity (Wildman–Crippen MR) is 443 cm³/mol. The van der Waals surface area contributed by atoms with E-state index in [4.69, 9.17) is 8.22 Å². The Bertz CT molecular complexity index is 5890. The third kappa shape index (κ3) is 10.6. The van der Waals surface area contributed by atoms with Gasteiger partial charge < -0.3 is 14.4 Å². The fraction of sp³-hybridized carbons (Fsp3) is 0.0816. The van der Waals surface area contributed by atoms with Crippen LogP contribution in [0, 0.1) is 27.6 Å². The average Bonchev–Trinajstić information content (AvgIpc) is 0.938. The number of rotatable bonds is 12. The van der Waals surface area contributed by atoms with Gasteiger partial charge in [0.05, 0.1) is 22.4 Å². The third-order valence-electron chi connectivity index (χ3n) is 21.5. The highest BCUT2D eigenvalue weighted by atomic mass is 28.3. The largest absolute Gasteiger partial charge is 0.310 e. The van der Waals surface area contributed by atoms with Crippen molar-refractivity contribution in [1.29, 1.82) is 0 Å². The molecule has 2 aliphatic heterocycles. The van der Waals surface area contributed by atoms with Gasteiger partial charge in [0.2, 0.25) is 0 Å². The summed E-state index contributed by atoms with van der Waals surface area (Å²) in [5.41, 5.74) is 26.2. The van der Waals surface area contributed by atoms with Crippen LogP contribution in [0.15, 0.2) is 346 Å². The maximum Gasteiger partial charge on any atom is 0.252 e. The SMILES string of the molecule is [2H]C([2H])([2H])c1ccc2c(c1)c1cc(C([2H])([2H])[2H])ccc1n2-c1ccc2c(c1)N(c1c(-c3ccccc3)cc(C)cc1-c1ccccc1)c1cc(C(C)(C)C)cc3c1B2c1cc(-c2ccc([Si](c4ccccc4)(c4ccccc4)c4ccccc4)cc2)ccc1N3c1c(-c2ccccc2)cc(C)cc1-c1ccccc1. The van der Waals surface area contributed by atoms with E-state index in [1.165, 1.54) is 20.7 Å². The Labute approximate surface area is 615 Å². The van der Waals surface area contributed by atoms with E-state index < -0.39 is 27.2 Å². The third-order valence-corrected chi connectivity index (χ3v) is 26.3. The van der Waals surface area contributed by atoms with E-state index in [2.05, 4.69) is 358 Å². The molecule has 0 bridgehead atoms. The van der Waals surface area contributed by atoms with Crippen LogP contribution in [0.2, 0.25) is 0 Å². The Hall–Kier alpha value is -12.0. The van der Waals surface area contributed by atoms with E-state index in [-0.39, 0.29) is 17.8 Å². The van der Waals surface area contributed by atoms with E-state index in [0.717, 1.165) is 140 Å². The Kier molecular flexibility index (Phi) is 13.9. The molecule has 103 heavy (non-hydrogen) atoms. The van der Waals surface area contributed by atoms with Crippen LogP contribution in [0.25, 0.3) is 83.1 Å². The lowest BCUT2D eigenvalue weighted by atomic mass is 9.33. The van der Waals surface area contributed by atoms with E-state index >= 15 is 0 Å². The quantitative estimate of drug-likeness (QED) is 0.0892. The molecule has 18 rings (SSSR count). The molecule has 5 heteroatoms. The Morgan fingerprint density at radius 1 is 0.311 bits per heavy atom. The molecule has 0 amide bonds. The number of anilines is 6. The van der Waals surface area contributed by atoms with Crippen LogP contribution in [-0.4, -0.2) is 19.4 Å². The zero-order valence-electron chi connectivity index (χ0n) is 64.3. The van der Waals surface area contributed by atoms with Gasteiger partial charge in [0, 0.05) is 69.7 Å². The summed E-state index contributed by atoms with van der Waals surface area (Å²) in [5, 5.41) is 6.53. The number of hydrogen-bond donors (Lipinski definition) is 0. The molecule has 1 aromatic heterocycles. The van der Waals surface area contributed by atoms with Gasteiger partial charge in [-0.15, -0.1) is 0 Å². The van der Waals surface area contributed by atoms with E-state index in [1.54, 1.807) is 24.3 Å². The molecular formula is C98H78BN3Si. The second-order valence-corrected chi connectivity index (χ2v) is 32.7. The monoisotopic (exact) mass is 1340 g/mol. The fourth-order valence-electron chi connectivity index (χ4n) is 16.9. The topological polar surface area (TPSA) is 11.4 Å². The van der Waals surface area contributed by atoms with Gasteiger partial charge >= 0.3 is 0 Å². The summed E-state index contributed by atoms with van der Waals surface area (Å²) in [6.07, 6.45) is 0. The van der Waals surface area contributed by atoms with Gasteiger partial charge in [0.15, 0.2) is 8.07 Å². The lowest BCUT2D eigenvalue weighted by molar-refractivity contribution is 0.590. The molecule has 16 aromatic rings. The standard InChI is InChI=1S/C98H78BN3Si/c1-65-43-52-89-85(55-65)86-56-66(2)44-53-90(86)100(89)76-48-51-87-92(64-76)102(97-83(72-33-19-10-20-34-72)59-68(4)60-84(97)73-35-21-11-22-36-73)94-63-75(98(5,6)7)62-93-95(94)99(87)88-61-74(47-54-91(88)101(93)96-81(70-29-15-8-16-30-70)57-67(3)58-82(96)71-31-17-9-18-32-71)69-45-49-80(50-46-69)103(77-37-23-12-24-38-77,78-39-25-13-26-40-78)79-41-27-14-28-42-79/h8-64H,1-7H3/i1D3,2D3. The molecule has 3 nitrogen and oxygen atoms in total. The smallest absolute Gasteiger partial charge is 0.252 e. The van der Waals surface area contributed by atoms with E-state index in [0.29, 0.717) is 10.8 Å². The van der Waals surface area contributed by atoms with E-state index in [9.17, 15) is 0 Å². The zero-order chi connectivity index (χ0) is 74.7. The molecule has 0 atom stereocenters. The minimum atomic E-state index is -2.90. The molecule has 3 heterocycles. The lowest BCUT2D eigenvalue weighted by Crippen LogP contribution is -2.74. The van der Waals surface area contributed by atoms with Crippen molar-refractivity contribution < 1.29 is 8.22 Å². The van der Waals surface area contributed by atoms with Crippen LogP contribution in [0.4, 0.5) is 34.1 Å². The number of hydrogen-bond acceptors (Lipinski definition) is 2. The first kappa shape index (κ1) is 56.7. The first-order valence-corrected chi connectivity index (χ1v) is 37.7. The van der Waals surface area contributed by atoms with Crippen molar-refractivity contribution in [3.8, 4) is 61.3 Å². The molecule has 0 saturated heterocycles. The second-order valence-electron chi connectivity index (χ2n) is 28.9. The fourth-order valence-corrected chi connectivity index (χ4v) is 21.6. The normalized spacial score (nSPS) is 13.7. The summed E-state index contributed by atoms with van der Waals surface area (Å²) in [5.74, 6) is 0. The van der Waals surface area contributed by atoms with Crippen molar-refractivity contribution in [2.24, 2.45) is 0 Å². The Morgan fingerprint density at radius 3 is 1.11 bits per heavy atom. The summed E-state index contributed by atoms with van der Waals surface area (Å²) in [7, 11) is -2.90. The van der Waals surface area contributed by atoms with Gasteiger partial charge in [0.1, 0.15) is 0 Å². The number of fused-ring (bicyclic) bond motifs is 7. The minimum Gasteiger partial charge on any atom is -0.310 e. The van der Waals surface area contributed by atoms with Crippen molar-refractivity contribution in [3.05, 3.63) is 374 Å². The summed E-state index contributed by atoms with van der Waals surface area (Å²) >= 11 is 0. The zero-order valence-corrected chi connectivity index (χ0v) is 59.3. The lowest BCUT2D eigenvalue weighted by Gasteiger charge is -2.46. The van der Waals surface area contributed by atoms with Crippen molar-refractivity contribution in [1.82, 2.24) is 4.57 Å². The molecule has 0 N–H and O–H groups in total. The molecule has 15 aromatic carbocycles. The number of aryl methyl sites for hydroxylation is 4. The molecule has 0 fully saturated rings. The maximum absolute atomic E-state index is 8.65. The Balaban J connectivity index is 0.975. The maximum atomic E-state index is 8.65. The van der Waals surface area contributed by atoms with Crippen LogP contribution in [-0.2, 0) is 5.41 Å². The molecule has 0 spiro atoms. The van der Waals surface area contributed by atoms with Crippen LogP contribution < -0.4 is 46.9 Å². The van der Waals surface area contributed by atoms with Gasteiger partial charge in [-0.2, -0.15) is 0 Å². The van der Waals surface area contributed by atoms with Gasteiger partial charge in [-0.05, 0) is 199 Å². The average molecular weight is 1340 g/mol. The molecule has 0 unspecified atom stereocenters. The first-order valence-electron chi connectivity index (χ1n) is 38.7. The first-order chi connectivity index (χ1) is 52.8. The molecule has 0 saturated carbocycles. The van der Waals surface area contributed by atoms with Crippen LogP contribution in [0.1, 0.15) is 56.8 Å². The summed E-state index contributed by atoms with van der Waals surface area (Å²) in [6, 6.07) is 125. The van der Waals surface area contributed by atoms with Crippen LogP contribution in [0.3, 0.4) is 0 Å². The highest BCUT2D eigenvalue weighted by Crippen LogP contribution is 2.54. The van der Waals surface area contributed by atoms with Crippen molar-refractivity contribution in [2.45, 2.75) is 53.7 Å². The van der Waals surface area contributed by atoms with Gasteiger partial charge in [0.25, 0.3) is 6.71 Å². The van der Waals surface area contributed by atoms with Crippen molar-refractivity contribution in [2.75, 3.05) is 9.80 Å². The second kappa shape index (κ2) is 25.2. The van der Waals surface area contributed by atoms with E-state index in [1.807, 2.05) is 12.1 Å². The molecule has 0 radical (unpaired) electrons. The van der Waals surface area contributed by atoms with Crippen LogP contribution in [0.5, 0.6) is 0 Å². The molecular weight excluding hydrogens is 1260 g/mol.